The van der Waals surface area contributed by atoms with Crippen LogP contribution in [0.15, 0.2) is 36.7 Å². The van der Waals surface area contributed by atoms with Gasteiger partial charge in [0, 0.05) is 24.3 Å². The van der Waals surface area contributed by atoms with Crippen LogP contribution < -0.4 is 5.32 Å². The van der Waals surface area contributed by atoms with Gasteiger partial charge in [0.15, 0.2) is 5.11 Å². The Morgan fingerprint density at radius 2 is 1.83 bits per heavy atom. The Balaban J connectivity index is 1.58. The van der Waals surface area contributed by atoms with Crippen LogP contribution in [-0.2, 0) is 6.54 Å². The molecule has 0 atom stereocenters. The van der Waals surface area contributed by atoms with Crippen molar-refractivity contribution in [3.63, 3.8) is 0 Å². The molecule has 0 bridgehead atoms. The van der Waals surface area contributed by atoms with Gasteiger partial charge in [0.2, 0.25) is 0 Å². The lowest BCUT2D eigenvalue weighted by Gasteiger charge is -2.23. The van der Waals surface area contributed by atoms with Gasteiger partial charge in [-0.2, -0.15) is 5.10 Å². The summed E-state index contributed by atoms with van der Waals surface area (Å²) in [6.45, 7) is 2.81. The molecule has 1 saturated heterocycles. The Hall–Kier alpha value is -1.59. The minimum absolute atomic E-state index is 0.718. The second kappa shape index (κ2) is 7.79. The van der Waals surface area contributed by atoms with Gasteiger partial charge in [0.1, 0.15) is 0 Å². The van der Waals surface area contributed by atoms with Crippen LogP contribution in [0.25, 0.3) is 0 Å². The highest BCUT2D eigenvalue weighted by molar-refractivity contribution is 7.80. The normalized spacial score (nSPS) is 15.3. The molecule has 6 heteroatoms. The van der Waals surface area contributed by atoms with E-state index in [2.05, 4.69) is 15.3 Å². The van der Waals surface area contributed by atoms with Crippen LogP contribution in [0.5, 0.6) is 0 Å². The summed E-state index contributed by atoms with van der Waals surface area (Å²) < 4.78 is 1.90. The maximum absolute atomic E-state index is 5.91. The Bertz CT molecular complexity index is 645. The topological polar surface area (TPSA) is 33.1 Å². The van der Waals surface area contributed by atoms with E-state index in [1.807, 2.05) is 41.3 Å². The smallest absolute Gasteiger partial charge is 0.173 e. The van der Waals surface area contributed by atoms with Crippen LogP contribution >= 0.6 is 23.8 Å². The summed E-state index contributed by atoms with van der Waals surface area (Å²) in [4.78, 5) is 2.26. The van der Waals surface area contributed by atoms with E-state index >= 15 is 0 Å². The maximum atomic E-state index is 5.91. The van der Waals surface area contributed by atoms with Crippen LogP contribution in [0.4, 0.5) is 5.69 Å². The van der Waals surface area contributed by atoms with Crippen LogP contribution in [0.1, 0.15) is 31.2 Å². The van der Waals surface area contributed by atoms with Crippen molar-refractivity contribution in [2.45, 2.75) is 32.2 Å². The van der Waals surface area contributed by atoms with Gasteiger partial charge in [-0.1, -0.05) is 36.6 Å². The fraction of sp³-hybridized carbons (Fsp3) is 0.412. The minimum Gasteiger partial charge on any atom is -0.349 e. The van der Waals surface area contributed by atoms with Gasteiger partial charge in [0.05, 0.1) is 18.4 Å². The Labute approximate surface area is 147 Å². The van der Waals surface area contributed by atoms with E-state index in [1.165, 1.54) is 31.2 Å². The first-order valence-corrected chi connectivity index (χ1v) is 8.82. The minimum atomic E-state index is 0.718. The molecule has 3 rings (SSSR count). The summed E-state index contributed by atoms with van der Waals surface area (Å²) in [5.74, 6) is 0. The zero-order chi connectivity index (χ0) is 16.1. The molecule has 0 unspecified atom stereocenters. The Kier molecular flexibility index (Phi) is 5.51. The predicted octanol–water partition coefficient (Wildman–Crippen LogP) is 4.16. The molecule has 1 fully saturated rings. The second-order valence-electron chi connectivity index (χ2n) is 5.88. The molecule has 0 radical (unpaired) electrons. The molecule has 1 aliphatic rings. The van der Waals surface area contributed by atoms with Gasteiger partial charge in [-0.05, 0) is 42.8 Å². The lowest BCUT2D eigenvalue weighted by molar-refractivity contribution is 0.441. The van der Waals surface area contributed by atoms with Crippen LogP contribution in [-0.4, -0.2) is 32.9 Å². The summed E-state index contributed by atoms with van der Waals surface area (Å²) in [5.41, 5.74) is 2.10. The summed E-state index contributed by atoms with van der Waals surface area (Å²) >= 11 is 11.4. The molecule has 0 amide bonds. The number of nitrogens with zero attached hydrogens (tertiary/aromatic N) is 3. The number of likely N-dealkylation sites (tertiary alicyclic amines) is 1. The van der Waals surface area contributed by atoms with Crippen LogP contribution in [0.2, 0.25) is 5.02 Å². The number of benzene rings is 1. The van der Waals surface area contributed by atoms with Gasteiger partial charge in [-0.25, -0.2) is 0 Å². The molecule has 0 saturated carbocycles. The van der Waals surface area contributed by atoms with E-state index in [4.69, 9.17) is 23.8 Å². The van der Waals surface area contributed by atoms with E-state index in [0.29, 0.717) is 0 Å². The van der Waals surface area contributed by atoms with Crippen molar-refractivity contribution >= 4 is 34.6 Å². The molecule has 122 valence electrons. The SMILES string of the molecule is S=C(Nc1cnn(Cc2ccc(Cl)cc2)c1)N1CCCCCC1. The average molecular weight is 349 g/mol. The molecule has 0 aliphatic carbocycles. The molecule has 23 heavy (non-hydrogen) atoms. The third kappa shape index (κ3) is 4.69. The van der Waals surface area contributed by atoms with E-state index in [0.717, 1.165) is 35.5 Å². The van der Waals surface area contributed by atoms with Crippen molar-refractivity contribution in [3.05, 3.63) is 47.2 Å². The third-order valence-corrected chi connectivity index (χ3v) is 4.65. The molecular formula is C17H21ClN4S. The number of halogens is 1. The zero-order valence-electron chi connectivity index (χ0n) is 13.0. The number of hydrogen-bond donors (Lipinski definition) is 1. The largest absolute Gasteiger partial charge is 0.349 e. The molecule has 2 aromatic rings. The van der Waals surface area contributed by atoms with E-state index in [9.17, 15) is 0 Å². The molecule has 1 aliphatic heterocycles. The molecule has 4 nitrogen and oxygen atoms in total. The van der Waals surface area contributed by atoms with Gasteiger partial charge in [-0.3, -0.25) is 4.68 Å². The van der Waals surface area contributed by atoms with Crippen molar-refractivity contribution in [3.8, 4) is 0 Å². The highest BCUT2D eigenvalue weighted by Gasteiger charge is 2.12. The molecule has 1 N–H and O–H groups in total. The van der Waals surface area contributed by atoms with Crippen molar-refractivity contribution in [2.75, 3.05) is 18.4 Å². The van der Waals surface area contributed by atoms with E-state index in [1.54, 1.807) is 0 Å². The lowest BCUT2D eigenvalue weighted by Crippen LogP contribution is -2.35. The highest BCUT2D eigenvalue weighted by Crippen LogP contribution is 2.14. The zero-order valence-corrected chi connectivity index (χ0v) is 14.6. The first-order valence-electron chi connectivity index (χ1n) is 8.03. The van der Waals surface area contributed by atoms with Gasteiger partial charge in [-0.15, -0.1) is 0 Å². The van der Waals surface area contributed by atoms with Gasteiger partial charge in [0.25, 0.3) is 0 Å². The Morgan fingerprint density at radius 1 is 1.13 bits per heavy atom. The number of nitrogens with one attached hydrogen (secondary N) is 1. The summed E-state index contributed by atoms with van der Waals surface area (Å²) in [7, 11) is 0. The van der Waals surface area contributed by atoms with Crippen LogP contribution in [0, 0.1) is 0 Å². The molecule has 0 spiro atoms. The monoisotopic (exact) mass is 348 g/mol. The average Bonchev–Trinajstić information content (AvgIpc) is 2.81. The quantitative estimate of drug-likeness (QED) is 0.844. The molecule has 2 heterocycles. The fourth-order valence-electron chi connectivity index (χ4n) is 2.77. The standard InChI is InChI=1S/C17H21ClN4S/c18-15-7-5-14(6-8-15)12-22-13-16(11-19-22)20-17(23)21-9-3-1-2-4-10-21/h5-8,11,13H,1-4,9-10,12H2,(H,20,23). The van der Waals surface area contributed by atoms with Crippen molar-refractivity contribution < 1.29 is 0 Å². The van der Waals surface area contributed by atoms with Crippen LogP contribution in [0.3, 0.4) is 0 Å². The Morgan fingerprint density at radius 3 is 2.52 bits per heavy atom. The molecular weight excluding hydrogens is 328 g/mol. The summed E-state index contributed by atoms with van der Waals surface area (Å²) in [5, 5.41) is 9.25. The van der Waals surface area contributed by atoms with Crippen molar-refractivity contribution in [2.24, 2.45) is 0 Å². The maximum Gasteiger partial charge on any atom is 0.173 e. The second-order valence-corrected chi connectivity index (χ2v) is 6.71. The fourth-order valence-corrected chi connectivity index (χ4v) is 3.19. The lowest BCUT2D eigenvalue weighted by atomic mass is 10.2. The predicted molar refractivity (Wildman–Crippen MR) is 99.0 cm³/mol. The van der Waals surface area contributed by atoms with Crippen molar-refractivity contribution in [1.29, 1.82) is 0 Å². The highest BCUT2D eigenvalue weighted by atomic mass is 35.5. The summed E-state index contributed by atoms with van der Waals surface area (Å²) in [6, 6.07) is 7.82. The molecule has 1 aromatic heterocycles. The number of rotatable bonds is 3. The first-order chi connectivity index (χ1) is 11.2. The third-order valence-electron chi connectivity index (χ3n) is 4.04. The number of aromatic nitrogens is 2. The van der Waals surface area contributed by atoms with Gasteiger partial charge >= 0.3 is 0 Å². The number of hydrogen-bond acceptors (Lipinski definition) is 2. The van der Waals surface area contributed by atoms with E-state index < -0.39 is 0 Å². The summed E-state index contributed by atoms with van der Waals surface area (Å²) in [6.07, 6.45) is 8.85. The number of thiocarbonyl (C=S) groups is 1. The van der Waals surface area contributed by atoms with Crippen molar-refractivity contribution in [1.82, 2.24) is 14.7 Å². The molecule has 1 aromatic carbocycles. The van der Waals surface area contributed by atoms with Gasteiger partial charge < -0.3 is 10.2 Å². The first kappa shape index (κ1) is 16.3. The number of anilines is 1. The van der Waals surface area contributed by atoms with E-state index in [-0.39, 0.29) is 0 Å².